The molecule has 1 amide bonds. The minimum atomic E-state index is 0.324. The molecule has 0 aromatic heterocycles. The number of piperidine rings is 1. The number of hydrogen-bond donors (Lipinski definition) is 1. The van der Waals surface area contributed by atoms with Crippen LogP contribution in [0.4, 0.5) is 0 Å². The van der Waals surface area contributed by atoms with Crippen LogP contribution in [0, 0.1) is 5.92 Å². The second-order valence-corrected chi connectivity index (χ2v) is 5.12. The summed E-state index contributed by atoms with van der Waals surface area (Å²) in [6.07, 6.45) is 5.67. The Hall–Kier alpha value is -0.570. The first-order chi connectivity index (χ1) is 7.20. The van der Waals surface area contributed by atoms with Crippen LogP contribution in [0.25, 0.3) is 0 Å². The quantitative estimate of drug-likeness (QED) is 0.753. The molecule has 2 unspecified atom stereocenters. The average Bonchev–Trinajstić information content (AvgIpc) is 2.70. The summed E-state index contributed by atoms with van der Waals surface area (Å²) in [5, 5.41) is 3.45. The number of carbonyl (C=O) groups excluding carboxylic acids is 1. The van der Waals surface area contributed by atoms with Crippen molar-refractivity contribution in [3.05, 3.63) is 0 Å². The standard InChI is InChI=1S/C12H22N2O/c1-9(2)10-5-3-7-12(15)14(10)11-6-4-8-13-11/h9-11,13H,3-8H2,1-2H3. The summed E-state index contributed by atoms with van der Waals surface area (Å²) in [7, 11) is 0. The summed E-state index contributed by atoms with van der Waals surface area (Å²) in [4.78, 5) is 14.1. The molecule has 1 N–H and O–H groups in total. The molecule has 2 rings (SSSR count). The van der Waals surface area contributed by atoms with E-state index in [-0.39, 0.29) is 0 Å². The lowest BCUT2D eigenvalue weighted by molar-refractivity contribution is -0.141. The smallest absolute Gasteiger partial charge is 0.224 e. The molecule has 0 saturated carbocycles. The Morgan fingerprint density at radius 3 is 2.73 bits per heavy atom. The predicted molar refractivity (Wildman–Crippen MR) is 60.3 cm³/mol. The van der Waals surface area contributed by atoms with Crippen molar-refractivity contribution in [2.45, 2.75) is 58.2 Å². The molecule has 3 nitrogen and oxygen atoms in total. The summed E-state index contributed by atoms with van der Waals surface area (Å²) in [5.74, 6) is 0.941. The molecule has 86 valence electrons. The van der Waals surface area contributed by atoms with E-state index in [9.17, 15) is 4.79 Å². The minimum absolute atomic E-state index is 0.324. The molecule has 15 heavy (non-hydrogen) atoms. The van der Waals surface area contributed by atoms with Gasteiger partial charge in [-0.15, -0.1) is 0 Å². The maximum absolute atomic E-state index is 12.0. The fourth-order valence-electron chi connectivity index (χ4n) is 2.88. The number of nitrogens with zero attached hydrogens (tertiary/aromatic N) is 1. The van der Waals surface area contributed by atoms with Crippen molar-refractivity contribution in [3.63, 3.8) is 0 Å². The zero-order valence-electron chi connectivity index (χ0n) is 9.83. The van der Waals surface area contributed by atoms with Crippen LogP contribution in [0.1, 0.15) is 46.0 Å². The molecule has 2 fully saturated rings. The highest BCUT2D eigenvalue weighted by Gasteiger charge is 2.35. The molecule has 2 aliphatic heterocycles. The van der Waals surface area contributed by atoms with Gasteiger partial charge in [0.05, 0.1) is 6.17 Å². The van der Waals surface area contributed by atoms with Gasteiger partial charge in [-0.1, -0.05) is 13.8 Å². The molecular weight excluding hydrogens is 188 g/mol. The second kappa shape index (κ2) is 4.52. The van der Waals surface area contributed by atoms with E-state index >= 15 is 0 Å². The number of carbonyl (C=O) groups is 1. The lowest BCUT2D eigenvalue weighted by atomic mass is 9.91. The first-order valence-corrected chi connectivity index (χ1v) is 6.24. The predicted octanol–water partition coefficient (Wildman–Crippen LogP) is 1.73. The minimum Gasteiger partial charge on any atom is -0.324 e. The Morgan fingerprint density at radius 1 is 1.33 bits per heavy atom. The van der Waals surface area contributed by atoms with Crippen LogP contribution in [0.5, 0.6) is 0 Å². The van der Waals surface area contributed by atoms with E-state index in [0.29, 0.717) is 24.0 Å². The number of amides is 1. The van der Waals surface area contributed by atoms with Crippen molar-refractivity contribution in [2.24, 2.45) is 5.92 Å². The summed E-state index contributed by atoms with van der Waals surface area (Å²) in [6.45, 7) is 5.52. The number of rotatable bonds is 2. The van der Waals surface area contributed by atoms with Gasteiger partial charge in [0, 0.05) is 12.5 Å². The van der Waals surface area contributed by atoms with Crippen LogP contribution in [0.15, 0.2) is 0 Å². The second-order valence-electron chi connectivity index (χ2n) is 5.12. The molecule has 0 radical (unpaired) electrons. The molecule has 2 heterocycles. The number of nitrogens with one attached hydrogen (secondary N) is 1. The molecule has 2 aliphatic rings. The van der Waals surface area contributed by atoms with Gasteiger partial charge >= 0.3 is 0 Å². The third-order valence-electron chi connectivity index (χ3n) is 3.68. The van der Waals surface area contributed by atoms with E-state index in [1.165, 1.54) is 12.8 Å². The van der Waals surface area contributed by atoms with Crippen molar-refractivity contribution in [1.82, 2.24) is 10.2 Å². The zero-order valence-corrected chi connectivity index (χ0v) is 9.83. The van der Waals surface area contributed by atoms with Gasteiger partial charge in [-0.3, -0.25) is 10.1 Å². The van der Waals surface area contributed by atoms with E-state index in [2.05, 4.69) is 24.1 Å². The highest BCUT2D eigenvalue weighted by atomic mass is 16.2. The summed E-state index contributed by atoms with van der Waals surface area (Å²) in [6, 6.07) is 0.460. The van der Waals surface area contributed by atoms with E-state index in [4.69, 9.17) is 0 Å². The monoisotopic (exact) mass is 210 g/mol. The van der Waals surface area contributed by atoms with E-state index in [1.807, 2.05) is 0 Å². The molecule has 3 heteroatoms. The van der Waals surface area contributed by atoms with Crippen LogP contribution in [0.2, 0.25) is 0 Å². The van der Waals surface area contributed by atoms with Crippen LogP contribution in [0.3, 0.4) is 0 Å². The Morgan fingerprint density at radius 2 is 2.13 bits per heavy atom. The SMILES string of the molecule is CC(C)C1CCCC(=O)N1C1CCCN1. The van der Waals surface area contributed by atoms with Gasteiger partial charge in [0.15, 0.2) is 0 Å². The van der Waals surface area contributed by atoms with Crippen LogP contribution in [-0.4, -0.2) is 29.6 Å². The topological polar surface area (TPSA) is 32.3 Å². The molecule has 0 aromatic carbocycles. The van der Waals surface area contributed by atoms with Crippen molar-refractivity contribution in [2.75, 3.05) is 6.54 Å². The van der Waals surface area contributed by atoms with Crippen LogP contribution < -0.4 is 5.32 Å². The molecule has 0 spiro atoms. The van der Waals surface area contributed by atoms with Crippen molar-refractivity contribution >= 4 is 5.91 Å². The first-order valence-electron chi connectivity index (χ1n) is 6.24. The Bertz CT molecular complexity index is 234. The fourth-order valence-corrected chi connectivity index (χ4v) is 2.88. The first kappa shape index (κ1) is 10.9. The van der Waals surface area contributed by atoms with Crippen LogP contribution >= 0.6 is 0 Å². The van der Waals surface area contributed by atoms with Gasteiger partial charge in [0.1, 0.15) is 0 Å². The van der Waals surface area contributed by atoms with Crippen molar-refractivity contribution < 1.29 is 4.79 Å². The molecule has 2 saturated heterocycles. The maximum atomic E-state index is 12.0. The normalized spacial score (nSPS) is 32.7. The molecular formula is C12H22N2O. The average molecular weight is 210 g/mol. The largest absolute Gasteiger partial charge is 0.324 e. The molecule has 0 aromatic rings. The van der Waals surface area contributed by atoms with E-state index in [0.717, 1.165) is 25.8 Å². The van der Waals surface area contributed by atoms with Gasteiger partial charge in [0.25, 0.3) is 0 Å². The zero-order chi connectivity index (χ0) is 10.8. The Balaban J connectivity index is 2.10. The molecule has 0 bridgehead atoms. The highest BCUT2D eigenvalue weighted by molar-refractivity contribution is 5.77. The van der Waals surface area contributed by atoms with E-state index in [1.54, 1.807) is 0 Å². The van der Waals surface area contributed by atoms with Crippen molar-refractivity contribution in [1.29, 1.82) is 0 Å². The van der Waals surface area contributed by atoms with E-state index < -0.39 is 0 Å². The van der Waals surface area contributed by atoms with Gasteiger partial charge < -0.3 is 4.90 Å². The lowest BCUT2D eigenvalue weighted by Gasteiger charge is -2.42. The number of hydrogen-bond acceptors (Lipinski definition) is 2. The van der Waals surface area contributed by atoms with Gasteiger partial charge in [-0.05, 0) is 38.1 Å². The third-order valence-corrected chi connectivity index (χ3v) is 3.68. The fraction of sp³-hybridized carbons (Fsp3) is 0.917. The Kier molecular flexibility index (Phi) is 3.29. The Labute approximate surface area is 92.2 Å². The third kappa shape index (κ3) is 2.17. The van der Waals surface area contributed by atoms with Gasteiger partial charge in [-0.2, -0.15) is 0 Å². The molecule has 0 aliphatic carbocycles. The highest BCUT2D eigenvalue weighted by Crippen LogP contribution is 2.27. The summed E-state index contributed by atoms with van der Waals surface area (Å²) >= 11 is 0. The summed E-state index contributed by atoms with van der Waals surface area (Å²) in [5.41, 5.74) is 0. The lowest BCUT2D eigenvalue weighted by Crippen LogP contribution is -2.54. The summed E-state index contributed by atoms with van der Waals surface area (Å²) < 4.78 is 0. The molecule has 2 atom stereocenters. The van der Waals surface area contributed by atoms with Gasteiger partial charge in [0.2, 0.25) is 5.91 Å². The van der Waals surface area contributed by atoms with Gasteiger partial charge in [-0.25, -0.2) is 0 Å². The number of likely N-dealkylation sites (tertiary alicyclic amines) is 1. The maximum Gasteiger partial charge on any atom is 0.224 e. The van der Waals surface area contributed by atoms with Crippen molar-refractivity contribution in [3.8, 4) is 0 Å². The van der Waals surface area contributed by atoms with Crippen LogP contribution in [-0.2, 0) is 4.79 Å².